The molecule has 0 unspecified atom stereocenters. The van der Waals surface area contributed by atoms with Gasteiger partial charge in [-0.15, -0.1) is 11.3 Å². The van der Waals surface area contributed by atoms with Crippen molar-refractivity contribution < 1.29 is 0 Å². The molecule has 0 radical (unpaired) electrons. The highest BCUT2D eigenvalue weighted by Crippen LogP contribution is 2.25. The molecule has 2 aromatic heterocycles. The summed E-state index contributed by atoms with van der Waals surface area (Å²) >= 11 is 6.70. The quantitative estimate of drug-likeness (QED) is 0.726. The van der Waals surface area contributed by atoms with Gasteiger partial charge in [0, 0.05) is 22.0 Å². The van der Waals surface area contributed by atoms with Crippen LogP contribution in [0.4, 0.5) is 10.9 Å². The summed E-state index contributed by atoms with van der Waals surface area (Å²) in [4.78, 5) is 10.3. The summed E-state index contributed by atoms with van der Waals surface area (Å²) < 4.78 is 0. The first-order valence-corrected chi connectivity index (χ1v) is 7.25. The Morgan fingerprint density at radius 3 is 2.85 bits per heavy atom. The van der Waals surface area contributed by atoms with Crippen LogP contribution in [0.3, 0.4) is 0 Å². The number of pyridine rings is 1. The van der Waals surface area contributed by atoms with Crippen molar-refractivity contribution in [2.75, 3.05) is 5.32 Å². The van der Waals surface area contributed by atoms with Crippen molar-refractivity contribution in [3.63, 3.8) is 0 Å². The first kappa shape index (κ1) is 13.0. The number of thiazole rings is 1. The van der Waals surface area contributed by atoms with Crippen molar-refractivity contribution in [1.82, 2.24) is 9.97 Å². The Hall–Kier alpha value is -2.05. The normalized spacial score (nSPS) is 10.7. The first-order valence-electron chi connectivity index (χ1n) is 6.02. The zero-order chi connectivity index (χ0) is 14.1. The molecule has 4 nitrogen and oxygen atoms in total. The summed E-state index contributed by atoms with van der Waals surface area (Å²) in [5.41, 5.74) is 7.48. The number of nitrogens with zero attached hydrogens (tertiary/aromatic N) is 2. The van der Waals surface area contributed by atoms with E-state index in [2.05, 4.69) is 15.3 Å². The molecule has 100 valence electrons. The Balaban J connectivity index is 2.10. The van der Waals surface area contributed by atoms with Crippen LogP contribution in [-0.2, 0) is 0 Å². The van der Waals surface area contributed by atoms with Gasteiger partial charge in [-0.3, -0.25) is 0 Å². The van der Waals surface area contributed by atoms with E-state index in [1.807, 2.05) is 43.5 Å². The lowest BCUT2D eigenvalue weighted by Crippen LogP contribution is -2.11. The van der Waals surface area contributed by atoms with E-state index < -0.39 is 0 Å². The number of fused-ring (bicyclic) bond motifs is 1. The minimum Gasteiger partial charge on any atom is -0.389 e. The Morgan fingerprint density at radius 2 is 2.15 bits per heavy atom. The molecule has 0 aliphatic carbocycles. The van der Waals surface area contributed by atoms with Crippen LogP contribution in [0, 0.1) is 6.92 Å². The second-order valence-corrected chi connectivity index (χ2v) is 6.01. The highest BCUT2D eigenvalue weighted by Gasteiger charge is 2.09. The number of rotatable bonds is 3. The molecule has 2 heterocycles. The van der Waals surface area contributed by atoms with Gasteiger partial charge >= 0.3 is 0 Å². The van der Waals surface area contributed by atoms with Crippen molar-refractivity contribution in [3.8, 4) is 0 Å². The van der Waals surface area contributed by atoms with E-state index in [1.54, 1.807) is 11.3 Å². The van der Waals surface area contributed by atoms with E-state index in [0.29, 0.717) is 10.8 Å². The maximum absolute atomic E-state index is 5.81. The van der Waals surface area contributed by atoms with Crippen molar-refractivity contribution >= 4 is 50.4 Å². The fraction of sp³-hybridized carbons (Fsp3) is 0.0714. The first-order chi connectivity index (χ1) is 9.63. The van der Waals surface area contributed by atoms with Crippen molar-refractivity contribution in [1.29, 1.82) is 0 Å². The fourth-order valence-electron chi connectivity index (χ4n) is 1.97. The molecule has 1 aromatic carbocycles. The standard InChI is InChI=1S/C14H12N4S2/c1-8-7-16-14(20-8)18-12-6-10(13(15)19)9-4-2-3-5-11(9)17-12/h2-7H,1H3,(H2,15,19)(H,16,17,18). The van der Waals surface area contributed by atoms with Gasteiger partial charge in [-0.2, -0.15) is 0 Å². The van der Waals surface area contributed by atoms with Gasteiger partial charge in [-0.25, -0.2) is 9.97 Å². The minimum atomic E-state index is 0.363. The smallest absolute Gasteiger partial charge is 0.188 e. The molecule has 0 saturated carbocycles. The molecule has 3 rings (SSSR count). The van der Waals surface area contributed by atoms with Gasteiger partial charge < -0.3 is 11.1 Å². The predicted molar refractivity (Wildman–Crippen MR) is 87.8 cm³/mol. The van der Waals surface area contributed by atoms with Crippen LogP contribution in [0.5, 0.6) is 0 Å². The van der Waals surface area contributed by atoms with Crippen LogP contribution in [0.2, 0.25) is 0 Å². The maximum Gasteiger partial charge on any atom is 0.188 e. The zero-order valence-corrected chi connectivity index (χ0v) is 12.4. The molecule has 3 N–H and O–H groups in total. The van der Waals surface area contributed by atoms with Gasteiger partial charge in [-0.05, 0) is 19.1 Å². The number of thiocarbonyl (C=S) groups is 1. The lowest BCUT2D eigenvalue weighted by atomic mass is 10.1. The number of aromatic nitrogens is 2. The molecule has 3 aromatic rings. The van der Waals surface area contributed by atoms with E-state index in [4.69, 9.17) is 18.0 Å². The van der Waals surface area contributed by atoms with Crippen LogP contribution in [0.1, 0.15) is 10.4 Å². The van der Waals surface area contributed by atoms with Gasteiger partial charge in [0.05, 0.1) is 5.52 Å². The van der Waals surface area contributed by atoms with E-state index in [0.717, 1.165) is 26.5 Å². The Bertz CT molecular complexity index is 795. The number of para-hydroxylation sites is 1. The zero-order valence-electron chi connectivity index (χ0n) is 10.8. The number of anilines is 2. The third kappa shape index (κ3) is 2.48. The van der Waals surface area contributed by atoms with E-state index in [-0.39, 0.29) is 0 Å². The van der Waals surface area contributed by atoms with Crippen molar-refractivity contribution in [2.45, 2.75) is 6.92 Å². The summed E-state index contributed by atoms with van der Waals surface area (Å²) in [5.74, 6) is 0.695. The molecule has 0 saturated heterocycles. The molecular weight excluding hydrogens is 288 g/mol. The topological polar surface area (TPSA) is 63.8 Å². The molecule has 0 aliphatic rings. The summed E-state index contributed by atoms with van der Waals surface area (Å²) in [6, 6.07) is 9.66. The van der Waals surface area contributed by atoms with Gasteiger partial charge in [-0.1, -0.05) is 30.4 Å². The Labute approximate surface area is 125 Å². The van der Waals surface area contributed by atoms with Crippen LogP contribution < -0.4 is 11.1 Å². The van der Waals surface area contributed by atoms with Gasteiger partial charge in [0.25, 0.3) is 0 Å². The van der Waals surface area contributed by atoms with Crippen LogP contribution in [0.25, 0.3) is 10.9 Å². The number of hydrogen-bond acceptors (Lipinski definition) is 5. The lowest BCUT2D eigenvalue weighted by Gasteiger charge is -2.08. The molecule has 20 heavy (non-hydrogen) atoms. The van der Waals surface area contributed by atoms with Gasteiger partial charge in [0.1, 0.15) is 10.8 Å². The Morgan fingerprint density at radius 1 is 1.35 bits per heavy atom. The van der Waals surface area contributed by atoms with Crippen LogP contribution >= 0.6 is 23.6 Å². The lowest BCUT2D eigenvalue weighted by molar-refractivity contribution is 1.32. The minimum absolute atomic E-state index is 0.363. The number of nitrogens with two attached hydrogens (primary N) is 1. The number of nitrogens with one attached hydrogen (secondary N) is 1. The van der Waals surface area contributed by atoms with E-state index in [1.165, 1.54) is 0 Å². The summed E-state index contributed by atoms with van der Waals surface area (Å²) in [7, 11) is 0. The third-order valence-corrected chi connectivity index (χ3v) is 3.89. The molecule has 0 spiro atoms. The molecule has 6 heteroatoms. The second-order valence-electron chi connectivity index (χ2n) is 4.34. The fourth-order valence-corrected chi connectivity index (χ4v) is 2.81. The van der Waals surface area contributed by atoms with E-state index >= 15 is 0 Å². The van der Waals surface area contributed by atoms with Crippen LogP contribution in [-0.4, -0.2) is 15.0 Å². The van der Waals surface area contributed by atoms with Crippen LogP contribution in [0.15, 0.2) is 36.5 Å². The monoisotopic (exact) mass is 300 g/mol. The molecule has 0 amide bonds. The van der Waals surface area contributed by atoms with Crippen molar-refractivity contribution in [3.05, 3.63) is 47.0 Å². The van der Waals surface area contributed by atoms with Crippen molar-refractivity contribution in [2.24, 2.45) is 5.73 Å². The van der Waals surface area contributed by atoms with Gasteiger partial charge in [0.2, 0.25) is 0 Å². The number of aryl methyl sites for hydroxylation is 1. The molecular formula is C14H12N4S2. The average Bonchev–Trinajstić information content (AvgIpc) is 2.83. The predicted octanol–water partition coefficient (Wildman–Crippen LogP) is 3.38. The highest BCUT2D eigenvalue weighted by molar-refractivity contribution is 7.80. The highest BCUT2D eigenvalue weighted by atomic mass is 32.1. The largest absolute Gasteiger partial charge is 0.389 e. The number of hydrogen-bond donors (Lipinski definition) is 2. The summed E-state index contributed by atoms with van der Waals surface area (Å²) in [5, 5.41) is 4.96. The summed E-state index contributed by atoms with van der Waals surface area (Å²) in [6.45, 7) is 2.01. The number of benzene rings is 1. The van der Waals surface area contributed by atoms with Gasteiger partial charge in [0.15, 0.2) is 5.13 Å². The molecule has 0 bridgehead atoms. The molecule has 0 atom stereocenters. The third-order valence-electron chi connectivity index (χ3n) is 2.84. The average molecular weight is 300 g/mol. The molecule has 0 aliphatic heterocycles. The van der Waals surface area contributed by atoms with E-state index in [9.17, 15) is 0 Å². The second kappa shape index (κ2) is 5.15. The maximum atomic E-state index is 5.81. The SMILES string of the molecule is Cc1cnc(Nc2cc(C(N)=S)c3ccccc3n2)s1. The summed E-state index contributed by atoms with van der Waals surface area (Å²) in [6.07, 6.45) is 1.82. The Kier molecular flexibility index (Phi) is 3.33. The molecule has 0 fully saturated rings.